The van der Waals surface area contributed by atoms with Crippen LogP contribution in [0.25, 0.3) is 0 Å². The molecule has 94 valence electrons. The second-order valence-electron chi connectivity index (χ2n) is 5.11. The molecule has 1 rings (SSSR count). The van der Waals surface area contributed by atoms with E-state index >= 15 is 0 Å². The van der Waals surface area contributed by atoms with E-state index in [4.69, 9.17) is 9.47 Å². The van der Waals surface area contributed by atoms with Crippen molar-refractivity contribution in [1.29, 1.82) is 0 Å². The third-order valence-electron chi connectivity index (χ3n) is 2.55. The van der Waals surface area contributed by atoms with Crippen LogP contribution in [0.2, 0.25) is 0 Å². The largest absolute Gasteiger partial charge is 0.459 e. The number of esters is 1. The summed E-state index contributed by atoms with van der Waals surface area (Å²) in [7, 11) is 0. The normalized spacial score (nSPS) is 20.5. The maximum absolute atomic E-state index is 12.0. The highest BCUT2D eigenvalue weighted by molar-refractivity contribution is 5.76. The molecule has 0 saturated carbocycles. The Labute approximate surface area is 97.9 Å². The number of ether oxygens (including phenoxy) is 2. The summed E-state index contributed by atoms with van der Waals surface area (Å²) in [5.41, 5.74) is -0.406. The molecule has 0 spiro atoms. The molecule has 0 aliphatic carbocycles. The summed E-state index contributed by atoms with van der Waals surface area (Å²) in [6, 6.07) is -0.122. The van der Waals surface area contributed by atoms with E-state index in [0.717, 1.165) is 19.5 Å². The number of carbonyl (C=O) groups is 1. The van der Waals surface area contributed by atoms with Gasteiger partial charge in [0, 0.05) is 13.1 Å². The highest BCUT2D eigenvalue weighted by atomic mass is 16.6. The molecule has 16 heavy (non-hydrogen) atoms. The van der Waals surface area contributed by atoms with Crippen LogP contribution in [0.15, 0.2) is 0 Å². The Balaban J connectivity index is 2.55. The van der Waals surface area contributed by atoms with Gasteiger partial charge in [-0.2, -0.15) is 0 Å². The molecule has 1 heterocycles. The molecule has 0 aromatic rings. The fraction of sp³-hybridized carbons (Fsp3) is 0.917. The number of nitrogens with zero attached hydrogens (tertiary/aromatic N) is 1. The predicted molar refractivity (Wildman–Crippen MR) is 62.3 cm³/mol. The lowest BCUT2D eigenvalue weighted by Gasteiger charge is -2.34. The van der Waals surface area contributed by atoms with Gasteiger partial charge in [-0.05, 0) is 27.2 Å². The first kappa shape index (κ1) is 13.5. The number of rotatable bonds is 3. The lowest BCUT2D eigenvalue weighted by atomic mass is 10.1. The molecule has 1 fully saturated rings. The predicted octanol–water partition coefficient (Wildman–Crippen LogP) is 1.44. The van der Waals surface area contributed by atoms with E-state index in [1.54, 1.807) is 0 Å². The molecule has 0 N–H and O–H groups in total. The van der Waals surface area contributed by atoms with E-state index in [1.807, 2.05) is 27.7 Å². The van der Waals surface area contributed by atoms with Gasteiger partial charge >= 0.3 is 5.97 Å². The van der Waals surface area contributed by atoms with Gasteiger partial charge in [0.15, 0.2) is 0 Å². The van der Waals surface area contributed by atoms with Gasteiger partial charge in [-0.15, -0.1) is 0 Å². The molecule has 4 nitrogen and oxygen atoms in total. The zero-order valence-corrected chi connectivity index (χ0v) is 10.8. The maximum atomic E-state index is 12.0. The number of hydrogen-bond donors (Lipinski definition) is 0. The molecule has 0 unspecified atom stereocenters. The molecular weight excluding hydrogens is 206 g/mol. The molecule has 0 radical (unpaired) electrons. The molecule has 0 aromatic heterocycles. The van der Waals surface area contributed by atoms with Crippen LogP contribution < -0.4 is 0 Å². The van der Waals surface area contributed by atoms with Crippen molar-refractivity contribution in [3.8, 4) is 0 Å². The Morgan fingerprint density at radius 1 is 1.38 bits per heavy atom. The summed E-state index contributed by atoms with van der Waals surface area (Å²) in [6.07, 6.45) is 0.787. The molecule has 1 atom stereocenters. The van der Waals surface area contributed by atoms with Gasteiger partial charge in [-0.3, -0.25) is 9.69 Å². The summed E-state index contributed by atoms with van der Waals surface area (Å²) < 4.78 is 10.7. The van der Waals surface area contributed by atoms with Crippen molar-refractivity contribution in [3.05, 3.63) is 0 Å². The first-order valence-corrected chi connectivity index (χ1v) is 5.98. The van der Waals surface area contributed by atoms with Gasteiger partial charge in [-0.1, -0.05) is 6.92 Å². The minimum atomic E-state index is -0.406. The van der Waals surface area contributed by atoms with E-state index in [9.17, 15) is 4.79 Å². The van der Waals surface area contributed by atoms with Crippen molar-refractivity contribution in [2.75, 3.05) is 26.3 Å². The number of carbonyl (C=O) groups excluding carboxylic acids is 1. The molecule has 0 aromatic carbocycles. The summed E-state index contributed by atoms with van der Waals surface area (Å²) in [4.78, 5) is 14.1. The first-order valence-electron chi connectivity index (χ1n) is 5.98. The van der Waals surface area contributed by atoms with E-state index in [-0.39, 0.29) is 12.0 Å². The molecule has 4 heteroatoms. The van der Waals surface area contributed by atoms with Crippen molar-refractivity contribution >= 4 is 5.97 Å². The standard InChI is InChI=1S/C12H23NO3/c1-5-10(11(14)16-12(2,3)4)13-6-8-15-9-7-13/h10H,5-9H2,1-4H3/t10-/m0/s1. The Kier molecular flexibility index (Phi) is 4.74. The number of morpholine rings is 1. The second kappa shape index (κ2) is 5.64. The van der Waals surface area contributed by atoms with Crippen LogP contribution in [0.3, 0.4) is 0 Å². The topological polar surface area (TPSA) is 38.8 Å². The smallest absolute Gasteiger partial charge is 0.323 e. The van der Waals surface area contributed by atoms with E-state index in [1.165, 1.54) is 0 Å². The highest BCUT2D eigenvalue weighted by Crippen LogP contribution is 2.14. The van der Waals surface area contributed by atoms with Crippen molar-refractivity contribution in [3.63, 3.8) is 0 Å². The summed E-state index contributed by atoms with van der Waals surface area (Å²) >= 11 is 0. The van der Waals surface area contributed by atoms with E-state index in [0.29, 0.717) is 13.2 Å². The van der Waals surface area contributed by atoms with Crippen molar-refractivity contribution in [2.45, 2.75) is 45.8 Å². The first-order chi connectivity index (χ1) is 7.44. The lowest BCUT2D eigenvalue weighted by molar-refractivity contribution is -0.163. The second-order valence-corrected chi connectivity index (χ2v) is 5.11. The van der Waals surface area contributed by atoms with E-state index in [2.05, 4.69) is 4.90 Å². The molecule has 1 saturated heterocycles. The van der Waals surface area contributed by atoms with Gasteiger partial charge in [0.05, 0.1) is 13.2 Å². The molecule has 1 aliphatic heterocycles. The van der Waals surface area contributed by atoms with Crippen molar-refractivity contribution in [1.82, 2.24) is 4.90 Å². The van der Waals surface area contributed by atoms with Crippen molar-refractivity contribution in [2.24, 2.45) is 0 Å². The fourth-order valence-corrected chi connectivity index (χ4v) is 1.83. The summed E-state index contributed by atoms with van der Waals surface area (Å²) in [6.45, 7) is 10.8. The van der Waals surface area contributed by atoms with Crippen LogP contribution in [0, 0.1) is 0 Å². The maximum Gasteiger partial charge on any atom is 0.323 e. The van der Waals surface area contributed by atoms with Crippen LogP contribution in [0.5, 0.6) is 0 Å². The zero-order chi connectivity index (χ0) is 12.2. The van der Waals surface area contributed by atoms with Gasteiger partial charge < -0.3 is 9.47 Å². The van der Waals surface area contributed by atoms with Crippen LogP contribution in [-0.2, 0) is 14.3 Å². The quantitative estimate of drug-likeness (QED) is 0.686. The van der Waals surface area contributed by atoms with Crippen LogP contribution in [-0.4, -0.2) is 48.8 Å². The summed E-state index contributed by atoms with van der Waals surface area (Å²) in [5, 5.41) is 0. The van der Waals surface area contributed by atoms with Crippen LogP contribution >= 0.6 is 0 Å². The Morgan fingerprint density at radius 2 is 1.94 bits per heavy atom. The third kappa shape index (κ3) is 4.10. The zero-order valence-electron chi connectivity index (χ0n) is 10.8. The molecular formula is C12H23NO3. The van der Waals surface area contributed by atoms with Crippen LogP contribution in [0.4, 0.5) is 0 Å². The minimum absolute atomic E-state index is 0.114. The van der Waals surface area contributed by atoms with Gasteiger partial charge in [0.2, 0.25) is 0 Å². The van der Waals surface area contributed by atoms with Crippen LogP contribution in [0.1, 0.15) is 34.1 Å². The average molecular weight is 229 g/mol. The fourth-order valence-electron chi connectivity index (χ4n) is 1.83. The monoisotopic (exact) mass is 229 g/mol. The van der Waals surface area contributed by atoms with Crippen molar-refractivity contribution < 1.29 is 14.3 Å². The molecule has 0 amide bonds. The average Bonchev–Trinajstić information content (AvgIpc) is 2.17. The highest BCUT2D eigenvalue weighted by Gasteiger charge is 2.29. The SMILES string of the molecule is CC[C@@H](C(=O)OC(C)(C)C)N1CCOCC1. The van der Waals surface area contributed by atoms with Gasteiger partial charge in [0.25, 0.3) is 0 Å². The van der Waals surface area contributed by atoms with Gasteiger partial charge in [-0.25, -0.2) is 0 Å². The van der Waals surface area contributed by atoms with E-state index < -0.39 is 5.60 Å². The molecule has 0 bridgehead atoms. The Hall–Kier alpha value is -0.610. The van der Waals surface area contributed by atoms with Gasteiger partial charge in [0.1, 0.15) is 11.6 Å². The third-order valence-corrected chi connectivity index (χ3v) is 2.55. The summed E-state index contributed by atoms with van der Waals surface area (Å²) in [5.74, 6) is -0.114. The molecule has 1 aliphatic rings. The Morgan fingerprint density at radius 3 is 2.38 bits per heavy atom. The Bertz CT molecular complexity index is 229. The number of hydrogen-bond acceptors (Lipinski definition) is 4. The minimum Gasteiger partial charge on any atom is -0.459 e. The lowest BCUT2D eigenvalue weighted by Crippen LogP contribution is -2.49.